The zero-order valence-corrected chi connectivity index (χ0v) is 14.2. The van der Waals surface area contributed by atoms with E-state index in [0.717, 1.165) is 21.7 Å². The Bertz CT molecular complexity index is 729. The molecule has 0 heterocycles. The fraction of sp³-hybridized carbons (Fsp3) is 0.222. The molecular formula is C18H19ClN4. The first-order chi connectivity index (χ1) is 11.0. The second-order valence-electron chi connectivity index (χ2n) is 5.47. The van der Waals surface area contributed by atoms with Gasteiger partial charge in [0.05, 0.1) is 0 Å². The highest BCUT2D eigenvalue weighted by molar-refractivity contribution is 6.30. The molecule has 0 aliphatic carbocycles. The fourth-order valence-corrected chi connectivity index (χ4v) is 2.58. The summed E-state index contributed by atoms with van der Waals surface area (Å²) in [5.74, 6) is 0.631. The first-order valence-corrected chi connectivity index (χ1v) is 7.59. The van der Waals surface area contributed by atoms with Gasteiger partial charge in [-0.25, -0.2) is 0 Å². The maximum Gasteiger partial charge on any atom is 0.212 e. The Hall–Kier alpha value is -2.51. The molecule has 0 amide bonds. The Morgan fingerprint density at radius 1 is 1.09 bits per heavy atom. The Morgan fingerprint density at radius 3 is 2.35 bits per heavy atom. The molecule has 0 saturated heterocycles. The minimum absolute atomic E-state index is 0.631. The van der Waals surface area contributed by atoms with E-state index in [0.29, 0.717) is 12.5 Å². The average molecular weight is 327 g/mol. The van der Waals surface area contributed by atoms with Crippen LogP contribution in [-0.2, 0) is 6.54 Å². The van der Waals surface area contributed by atoms with E-state index < -0.39 is 0 Å². The predicted molar refractivity (Wildman–Crippen MR) is 95.1 cm³/mol. The Kier molecular flexibility index (Phi) is 5.61. The summed E-state index contributed by atoms with van der Waals surface area (Å²) in [5.41, 5.74) is 3.36. The van der Waals surface area contributed by atoms with Crippen molar-refractivity contribution in [3.8, 4) is 17.3 Å². The summed E-state index contributed by atoms with van der Waals surface area (Å²) in [4.78, 5) is 7.62. The van der Waals surface area contributed by atoms with Crippen LogP contribution in [0.2, 0.25) is 5.02 Å². The molecular weight excluding hydrogens is 308 g/mol. The van der Waals surface area contributed by atoms with Crippen molar-refractivity contribution in [2.75, 3.05) is 21.1 Å². The molecule has 0 N–H and O–H groups in total. The van der Waals surface area contributed by atoms with Crippen LogP contribution in [-0.4, -0.2) is 36.9 Å². The lowest BCUT2D eigenvalue weighted by atomic mass is 10.0. The van der Waals surface area contributed by atoms with Gasteiger partial charge in [0.1, 0.15) is 0 Å². The number of benzene rings is 2. The molecule has 4 nitrogen and oxygen atoms in total. The lowest BCUT2D eigenvalue weighted by Crippen LogP contribution is -2.37. The molecule has 5 heteroatoms. The van der Waals surface area contributed by atoms with Crippen molar-refractivity contribution < 1.29 is 0 Å². The molecule has 0 bridgehead atoms. The van der Waals surface area contributed by atoms with Crippen LogP contribution in [0.5, 0.6) is 0 Å². The highest BCUT2D eigenvalue weighted by atomic mass is 35.5. The molecule has 0 saturated carbocycles. The summed E-state index contributed by atoms with van der Waals surface area (Å²) in [5, 5.41) is 9.51. The van der Waals surface area contributed by atoms with Crippen molar-refractivity contribution in [2.24, 2.45) is 4.99 Å². The van der Waals surface area contributed by atoms with E-state index in [1.54, 1.807) is 0 Å². The number of aliphatic imine (C=N–C) groups is 1. The lowest BCUT2D eigenvalue weighted by Gasteiger charge is -2.25. The summed E-state index contributed by atoms with van der Waals surface area (Å²) in [7, 11) is 5.66. The van der Waals surface area contributed by atoms with E-state index >= 15 is 0 Å². The standard InChI is InChI=1S/C18H19ClN4/c1-22(2)18(21-13-20)23(3)12-14-7-9-15(10-8-14)16-5-4-6-17(19)11-16/h4-11H,12H2,1-3H3. The third-order valence-corrected chi connectivity index (χ3v) is 3.66. The van der Waals surface area contributed by atoms with Gasteiger partial charge < -0.3 is 9.80 Å². The second-order valence-corrected chi connectivity index (χ2v) is 5.91. The quantitative estimate of drug-likeness (QED) is 0.489. The third kappa shape index (κ3) is 4.48. The van der Waals surface area contributed by atoms with Crippen molar-refractivity contribution in [1.29, 1.82) is 5.26 Å². The van der Waals surface area contributed by atoms with E-state index in [4.69, 9.17) is 16.9 Å². The molecule has 0 aromatic heterocycles. The van der Waals surface area contributed by atoms with Crippen LogP contribution in [0.25, 0.3) is 11.1 Å². The van der Waals surface area contributed by atoms with Gasteiger partial charge in [-0.1, -0.05) is 48.0 Å². The van der Waals surface area contributed by atoms with Crippen molar-refractivity contribution in [1.82, 2.24) is 9.80 Å². The third-order valence-electron chi connectivity index (χ3n) is 3.42. The van der Waals surface area contributed by atoms with E-state index in [1.165, 1.54) is 0 Å². The molecule has 0 fully saturated rings. The van der Waals surface area contributed by atoms with Crippen molar-refractivity contribution in [3.05, 3.63) is 59.1 Å². The number of guanidine groups is 1. The Morgan fingerprint density at radius 2 is 1.78 bits per heavy atom. The van der Waals surface area contributed by atoms with Gasteiger partial charge in [0.25, 0.3) is 0 Å². The first kappa shape index (κ1) is 16.9. The second kappa shape index (κ2) is 7.66. The maximum absolute atomic E-state index is 8.78. The normalized spacial score (nSPS) is 11.0. The summed E-state index contributed by atoms with van der Waals surface area (Å²) >= 11 is 6.04. The largest absolute Gasteiger partial charge is 0.348 e. The Labute approximate surface area is 142 Å². The molecule has 2 rings (SSSR count). The molecule has 0 aliphatic heterocycles. The zero-order valence-electron chi connectivity index (χ0n) is 13.5. The SMILES string of the molecule is CN(C)C(=NC#N)N(C)Cc1ccc(-c2cccc(Cl)c2)cc1. The lowest BCUT2D eigenvalue weighted by molar-refractivity contribution is 0.420. The van der Waals surface area contributed by atoms with Crippen molar-refractivity contribution >= 4 is 17.6 Å². The number of nitrogens with zero attached hydrogens (tertiary/aromatic N) is 4. The first-order valence-electron chi connectivity index (χ1n) is 7.21. The zero-order chi connectivity index (χ0) is 16.8. The fourth-order valence-electron chi connectivity index (χ4n) is 2.39. The molecule has 0 radical (unpaired) electrons. The molecule has 0 spiro atoms. The van der Waals surface area contributed by atoms with Gasteiger partial charge >= 0.3 is 0 Å². The van der Waals surface area contributed by atoms with E-state index in [1.807, 2.05) is 61.4 Å². The summed E-state index contributed by atoms with van der Waals surface area (Å²) in [6, 6.07) is 16.1. The molecule has 2 aromatic rings. The van der Waals surface area contributed by atoms with Gasteiger partial charge in [-0.3, -0.25) is 0 Å². The highest BCUT2D eigenvalue weighted by Gasteiger charge is 2.09. The minimum atomic E-state index is 0.631. The van der Waals surface area contributed by atoms with Crippen molar-refractivity contribution in [2.45, 2.75) is 6.54 Å². The molecule has 0 aliphatic rings. The van der Waals surface area contributed by atoms with Gasteiger partial charge in [-0.15, -0.1) is 4.99 Å². The predicted octanol–water partition coefficient (Wildman–Crippen LogP) is 3.84. The van der Waals surface area contributed by atoms with Gasteiger partial charge in [-0.2, -0.15) is 5.26 Å². The number of halogens is 1. The number of hydrogen-bond donors (Lipinski definition) is 0. The molecule has 118 valence electrons. The van der Waals surface area contributed by atoms with E-state index in [-0.39, 0.29) is 0 Å². The monoisotopic (exact) mass is 326 g/mol. The van der Waals surface area contributed by atoms with Gasteiger partial charge in [0, 0.05) is 32.7 Å². The van der Waals surface area contributed by atoms with Crippen LogP contribution in [0.1, 0.15) is 5.56 Å². The van der Waals surface area contributed by atoms with Crippen LogP contribution in [0.15, 0.2) is 53.5 Å². The summed E-state index contributed by atoms with van der Waals surface area (Å²) < 4.78 is 0. The van der Waals surface area contributed by atoms with Crippen LogP contribution in [0.3, 0.4) is 0 Å². The average Bonchev–Trinajstić information content (AvgIpc) is 2.53. The van der Waals surface area contributed by atoms with Gasteiger partial charge in [0.15, 0.2) is 0 Å². The van der Waals surface area contributed by atoms with Crippen LogP contribution in [0.4, 0.5) is 0 Å². The highest BCUT2D eigenvalue weighted by Crippen LogP contribution is 2.23. The van der Waals surface area contributed by atoms with Crippen LogP contribution < -0.4 is 0 Å². The maximum atomic E-state index is 8.78. The smallest absolute Gasteiger partial charge is 0.212 e. The topological polar surface area (TPSA) is 42.6 Å². The van der Waals surface area contributed by atoms with Crippen molar-refractivity contribution in [3.63, 3.8) is 0 Å². The summed E-state index contributed by atoms with van der Waals surface area (Å²) in [6.45, 7) is 0.675. The minimum Gasteiger partial charge on any atom is -0.348 e. The molecule has 0 unspecified atom stereocenters. The Balaban J connectivity index is 2.14. The van der Waals surface area contributed by atoms with E-state index in [9.17, 15) is 0 Å². The number of rotatable bonds is 3. The van der Waals surface area contributed by atoms with E-state index in [2.05, 4.69) is 29.3 Å². The number of nitriles is 1. The van der Waals surface area contributed by atoms with Crippen LogP contribution in [0, 0.1) is 11.5 Å². The number of hydrogen-bond acceptors (Lipinski definition) is 2. The molecule has 0 atom stereocenters. The summed E-state index contributed by atoms with van der Waals surface area (Å²) in [6.07, 6.45) is 1.84. The van der Waals surface area contributed by atoms with Gasteiger partial charge in [0.2, 0.25) is 12.2 Å². The molecule has 2 aromatic carbocycles. The van der Waals surface area contributed by atoms with Crippen LogP contribution >= 0.6 is 11.6 Å². The molecule has 23 heavy (non-hydrogen) atoms. The van der Waals surface area contributed by atoms with Gasteiger partial charge in [-0.05, 0) is 28.8 Å².